The van der Waals surface area contributed by atoms with E-state index in [1.165, 1.54) is 6.92 Å². The summed E-state index contributed by atoms with van der Waals surface area (Å²) in [6.07, 6.45) is 2.73. The van der Waals surface area contributed by atoms with Gasteiger partial charge in [0.05, 0.1) is 25.2 Å². The summed E-state index contributed by atoms with van der Waals surface area (Å²) in [5.41, 5.74) is -0.678. The molecule has 19 heavy (non-hydrogen) atoms. The van der Waals surface area contributed by atoms with Gasteiger partial charge in [0.15, 0.2) is 5.79 Å². The summed E-state index contributed by atoms with van der Waals surface area (Å²) in [7, 11) is 0. The molecular weight excluding hydrogens is 248 g/mol. The van der Waals surface area contributed by atoms with E-state index in [2.05, 4.69) is 0 Å². The van der Waals surface area contributed by atoms with Gasteiger partial charge in [-0.05, 0) is 26.7 Å². The average Bonchev–Trinajstić information content (AvgIpc) is 2.81. The lowest BCUT2D eigenvalue weighted by Gasteiger charge is -2.41. The second-order valence-electron chi connectivity index (χ2n) is 5.49. The molecule has 5 heteroatoms. The fourth-order valence-corrected chi connectivity index (χ4v) is 3.11. The summed E-state index contributed by atoms with van der Waals surface area (Å²) in [5, 5.41) is 0. The molecule has 2 aliphatic rings. The first-order chi connectivity index (χ1) is 9.02. The van der Waals surface area contributed by atoms with Crippen LogP contribution in [0.2, 0.25) is 0 Å². The molecule has 0 radical (unpaired) electrons. The van der Waals surface area contributed by atoms with Crippen LogP contribution in [-0.4, -0.2) is 37.4 Å². The molecule has 2 fully saturated rings. The molecule has 0 N–H and O–H groups in total. The molecule has 0 aromatic carbocycles. The molecule has 5 nitrogen and oxygen atoms in total. The molecular formula is C14H22O5. The number of hydrogen-bond acceptors (Lipinski definition) is 5. The Morgan fingerprint density at radius 3 is 2.16 bits per heavy atom. The number of carbonyl (C=O) groups is 2. The van der Waals surface area contributed by atoms with Crippen molar-refractivity contribution in [3.05, 3.63) is 0 Å². The van der Waals surface area contributed by atoms with Crippen LogP contribution in [-0.2, 0) is 23.8 Å². The Morgan fingerprint density at radius 2 is 1.68 bits per heavy atom. The predicted molar refractivity (Wildman–Crippen MR) is 67.5 cm³/mol. The van der Waals surface area contributed by atoms with Gasteiger partial charge in [-0.3, -0.25) is 9.59 Å². The molecule has 1 aliphatic heterocycles. The van der Waals surface area contributed by atoms with Gasteiger partial charge >= 0.3 is 5.97 Å². The number of ether oxygens (including phenoxy) is 3. The summed E-state index contributed by atoms with van der Waals surface area (Å²) in [6.45, 7) is 4.87. The van der Waals surface area contributed by atoms with Crippen molar-refractivity contribution < 1.29 is 23.8 Å². The van der Waals surface area contributed by atoms with Crippen molar-refractivity contribution in [3.8, 4) is 0 Å². The third-order valence-electron chi connectivity index (χ3n) is 4.08. The van der Waals surface area contributed by atoms with E-state index >= 15 is 0 Å². The van der Waals surface area contributed by atoms with Gasteiger partial charge in [-0.1, -0.05) is 0 Å². The van der Waals surface area contributed by atoms with E-state index in [1.807, 2.05) is 0 Å². The molecule has 0 amide bonds. The monoisotopic (exact) mass is 270 g/mol. The first-order valence-electron chi connectivity index (χ1n) is 6.97. The lowest BCUT2D eigenvalue weighted by atomic mass is 9.69. The number of ketones is 1. The van der Waals surface area contributed by atoms with Crippen LogP contribution in [0.1, 0.15) is 46.0 Å². The molecule has 0 aromatic heterocycles. The van der Waals surface area contributed by atoms with Crippen LogP contribution in [0, 0.1) is 5.41 Å². The summed E-state index contributed by atoms with van der Waals surface area (Å²) in [4.78, 5) is 23.7. The highest BCUT2D eigenvalue weighted by Gasteiger charge is 2.50. The smallest absolute Gasteiger partial charge is 0.312 e. The highest BCUT2D eigenvalue weighted by atomic mass is 16.7. The van der Waals surface area contributed by atoms with Crippen molar-refractivity contribution in [2.24, 2.45) is 5.41 Å². The fraction of sp³-hybridized carbons (Fsp3) is 0.857. The molecule has 2 rings (SSSR count). The normalized spacial score (nSPS) is 24.3. The zero-order valence-corrected chi connectivity index (χ0v) is 11.7. The average molecular weight is 270 g/mol. The minimum Gasteiger partial charge on any atom is -0.466 e. The van der Waals surface area contributed by atoms with Crippen LogP contribution >= 0.6 is 0 Å². The Labute approximate surface area is 113 Å². The summed E-state index contributed by atoms with van der Waals surface area (Å²) >= 11 is 0. The Hall–Kier alpha value is -0.940. The second-order valence-corrected chi connectivity index (χ2v) is 5.49. The molecule has 1 saturated carbocycles. The van der Waals surface area contributed by atoms with Crippen molar-refractivity contribution in [1.29, 1.82) is 0 Å². The third kappa shape index (κ3) is 2.98. The lowest BCUT2D eigenvalue weighted by Crippen LogP contribution is -2.45. The van der Waals surface area contributed by atoms with Gasteiger partial charge in [-0.2, -0.15) is 0 Å². The van der Waals surface area contributed by atoms with Crippen LogP contribution in [0.15, 0.2) is 0 Å². The topological polar surface area (TPSA) is 61.8 Å². The molecule has 0 bridgehead atoms. The minimum atomic E-state index is -0.678. The van der Waals surface area contributed by atoms with E-state index in [0.717, 1.165) is 0 Å². The van der Waals surface area contributed by atoms with Crippen molar-refractivity contribution in [2.75, 3.05) is 19.8 Å². The Balaban J connectivity index is 2.08. The van der Waals surface area contributed by atoms with Gasteiger partial charge in [0.25, 0.3) is 0 Å². The van der Waals surface area contributed by atoms with Crippen LogP contribution < -0.4 is 0 Å². The summed E-state index contributed by atoms with van der Waals surface area (Å²) in [5.74, 6) is -0.748. The van der Waals surface area contributed by atoms with Crippen LogP contribution in [0.25, 0.3) is 0 Å². The maximum Gasteiger partial charge on any atom is 0.312 e. The minimum absolute atomic E-state index is 0.0252. The Morgan fingerprint density at radius 1 is 1.11 bits per heavy atom. The van der Waals surface area contributed by atoms with E-state index in [-0.39, 0.29) is 18.2 Å². The number of rotatable bonds is 4. The summed E-state index contributed by atoms with van der Waals surface area (Å²) < 4.78 is 16.5. The van der Waals surface area contributed by atoms with Crippen LogP contribution in [0.3, 0.4) is 0 Å². The molecule has 0 unspecified atom stereocenters. The van der Waals surface area contributed by atoms with Gasteiger partial charge in [-0.25, -0.2) is 0 Å². The Bertz CT molecular complexity index is 347. The predicted octanol–water partition coefficient (Wildman–Crippen LogP) is 1.83. The maximum absolute atomic E-state index is 12.2. The van der Waals surface area contributed by atoms with Crippen molar-refractivity contribution in [2.45, 2.75) is 51.7 Å². The standard InChI is InChI=1S/C14H22O5/c1-3-17-12(16)13(10-11(2)15)4-6-14(7-5-13)18-8-9-19-14/h3-10H2,1-2H3. The highest BCUT2D eigenvalue weighted by Crippen LogP contribution is 2.47. The fourth-order valence-electron chi connectivity index (χ4n) is 3.11. The number of Topliss-reactive ketones (excluding diaryl/α,β-unsaturated/α-hetero) is 1. The third-order valence-corrected chi connectivity index (χ3v) is 4.08. The van der Waals surface area contributed by atoms with E-state index < -0.39 is 11.2 Å². The van der Waals surface area contributed by atoms with Crippen LogP contribution in [0.4, 0.5) is 0 Å². The molecule has 1 spiro atoms. The van der Waals surface area contributed by atoms with E-state index in [1.54, 1.807) is 6.92 Å². The van der Waals surface area contributed by atoms with Crippen LogP contribution in [0.5, 0.6) is 0 Å². The van der Waals surface area contributed by atoms with E-state index in [4.69, 9.17) is 14.2 Å². The van der Waals surface area contributed by atoms with Gasteiger partial charge in [0, 0.05) is 19.3 Å². The highest BCUT2D eigenvalue weighted by molar-refractivity contribution is 5.85. The molecule has 0 aromatic rings. The zero-order chi connectivity index (χ0) is 13.9. The molecule has 1 heterocycles. The molecule has 0 atom stereocenters. The largest absolute Gasteiger partial charge is 0.466 e. The Kier molecular flexibility index (Phi) is 4.26. The molecule has 1 saturated heterocycles. The molecule has 1 aliphatic carbocycles. The quantitative estimate of drug-likeness (QED) is 0.729. The number of carbonyl (C=O) groups excluding carboxylic acids is 2. The van der Waals surface area contributed by atoms with Crippen molar-refractivity contribution in [1.82, 2.24) is 0 Å². The van der Waals surface area contributed by atoms with Crippen molar-refractivity contribution >= 4 is 11.8 Å². The van der Waals surface area contributed by atoms with E-state index in [9.17, 15) is 9.59 Å². The second kappa shape index (κ2) is 5.59. The van der Waals surface area contributed by atoms with Gasteiger partial charge in [0.2, 0.25) is 0 Å². The van der Waals surface area contributed by atoms with E-state index in [0.29, 0.717) is 45.5 Å². The number of esters is 1. The van der Waals surface area contributed by atoms with Gasteiger partial charge in [0.1, 0.15) is 5.78 Å². The van der Waals surface area contributed by atoms with Crippen molar-refractivity contribution in [3.63, 3.8) is 0 Å². The lowest BCUT2D eigenvalue weighted by molar-refractivity contribution is -0.200. The first-order valence-corrected chi connectivity index (χ1v) is 6.97. The van der Waals surface area contributed by atoms with Gasteiger partial charge in [-0.15, -0.1) is 0 Å². The maximum atomic E-state index is 12.2. The first kappa shape index (κ1) is 14.5. The zero-order valence-electron chi connectivity index (χ0n) is 11.7. The number of hydrogen-bond donors (Lipinski definition) is 0. The molecule has 108 valence electrons. The summed E-state index contributed by atoms with van der Waals surface area (Å²) in [6, 6.07) is 0. The van der Waals surface area contributed by atoms with Gasteiger partial charge < -0.3 is 14.2 Å². The SMILES string of the molecule is CCOC(=O)C1(CC(C)=O)CCC2(CC1)OCCO2.